The van der Waals surface area contributed by atoms with Gasteiger partial charge in [0.05, 0.1) is 17.1 Å². The molecule has 35 heavy (non-hydrogen) atoms. The van der Waals surface area contributed by atoms with Crippen molar-refractivity contribution >= 4 is 11.8 Å². The van der Waals surface area contributed by atoms with Crippen LogP contribution in [0.4, 0.5) is 0 Å². The second-order valence-corrected chi connectivity index (χ2v) is 12.9. The van der Waals surface area contributed by atoms with Gasteiger partial charge in [-0.15, -0.1) is 0 Å². The average Bonchev–Trinajstić information content (AvgIpc) is 3.46. The fourth-order valence-corrected chi connectivity index (χ4v) is 9.34. The van der Waals surface area contributed by atoms with Crippen molar-refractivity contribution in [2.45, 2.75) is 114 Å². The van der Waals surface area contributed by atoms with Crippen LogP contribution in [0.5, 0.6) is 0 Å². The van der Waals surface area contributed by atoms with Crippen LogP contribution >= 0.6 is 0 Å². The van der Waals surface area contributed by atoms with Gasteiger partial charge in [-0.2, -0.15) is 0 Å². The first-order valence-corrected chi connectivity index (χ1v) is 13.1. The van der Waals surface area contributed by atoms with Crippen LogP contribution in [0.2, 0.25) is 0 Å². The monoisotopic (exact) mass is 486 g/mol. The maximum Gasteiger partial charge on any atom is 0.334 e. The molecule has 10 atom stereocenters. The minimum atomic E-state index is -1.77. The number of hydrogen-bond donors (Lipinski definition) is 3. The van der Waals surface area contributed by atoms with Crippen LogP contribution in [0.1, 0.15) is 79.6 Å². The molecule has 1 spiro atoms. The predicted octanol–water partition coefficient (Wildman–Crippen LogP) is 2.75. The Morgan fingerprint density at radius 3 is 2.49 bits per heavy atom. The van der Waals surface area contributed by atoms with E-state index < -0.39 is 45.3 Å². The smallest absolute Gasteiger partial charge is 0.334 e. The molecule has 3 N–H and O–H groups in total. The van der Waals surface area contributed by atoms with E-state index in [1.54, 1.807) is 19.9 Å². The van der Waals surface area contributed by atoms with Crippen molar-refractivity contribution in [2.24, 2.45) is 22.7 Å². The van der Waals surface area contributed by atoms with Gasteiger partial charge in [0.15, 0.2) is 5.78 Å². The molecule has 0 aromatic rings. The van der Waals surface area contributed by atoms with Crippen LogP contribution in [-0.2, 0) is 19.1 Å². The van der Waals surface area contributed by atoms with Crippen LogP contribution in [0, 0.1) is 22.7 Å². The Balaban J connectivity index is 1.39. The standard InChI is InChI=1S/C28H38O7/c1-15-13-20(34-22(30)16(15)2)25(5,31)28(33)12-11-26(32)18-14-21-27(35-21)9-6-7-19(29)24(27,4)17(18)8-10-23(26,28)3/h6-7,17-18,20-21,31-33H,8-14H2,1-5H3/t17-,18+,20?,21+,23-,24-,25-,26+,27+,28-/m0/s1. The van der Waals surface area contributed by atoms with E-state index in [1.807, 2.05) is 26.8 Å². The summed E-state index contributed by atoms with van der Waals surface area (Å²) < 4.78 is 11.9. The Kier molecular flexibility index (Phi) is 4.53. The lowest BCUT2D eigenvalue weighted by Gasteiger charge is -2.63. The van der Waals surface area contributed by atoms with E-state index in [-0.39, 0.29) is 30.1 Å². The highest BCUT2D eigenvalue weighted by Crippen LogP contribution is 2.75. The number of cyclic esters (lactones) is 1. The molecule has 6 rings (SSSR count). The molecule has 2 heterocycles. The number of esters is 1. The van der Waals surface area contributed by atoms with Gasteiger partial charge in [-0.1, -0.05) is 18.6 Å². The van der Waals surface area contributed by atoms with E-state index >= 15 is 0 Å². The molecule has 1 saturated heterocycles. The summed E-state index contributed by atoms with van der Waals surface area (Å²) in [6.45, 7) is 9.00. The van der Waals surface area contributed by atoms with Crippen molar-refractivity contribution in [3.05, 3.63) is 23.3 Å². The molecule has 6 aliphatic rings. The normalized spacial score (nSPS) is 54.3. The molecule has 192 valence electrons. The Morgan fingerprint density at radius 2 is 1.80 bits per heavy atom. The largest absolute Gasteiger partial charge is 0.455 e. The van der Waals surface area contributed by atoms with Gasteiger partial charge >= 0.3 is 5.97 Å². The molecule has 1 unspecified atom stereocenters. The van der Waals surface area contributed by atoms with Gasteiger partial charge in [-0.05, 0) is 84.1 Å². The third kappa shape index (κ3) is 2.42. The van der Waals surface area contributed by atoms with Crippen LogP contribution in [0.3, 0.4) is 0 Å². The van der Waals surface area contributed by atoms with Crippen LogP contribution in [-0.4, -0.2) is 61.7 Å². The Morgan fingerprint density at radius 1 is 1.09 bits per heavy atom. The highest BCUT2D eigenvalue weighted by atomic mass is 16.6. The quantitative estimate of drug-likeness (QED) is 0.406. The average molecular weight is 487 g/mol. The molecule has 0 aromatic heterocycles. The zero-order valence-corrected chi connectivity index (χ0v) is 21.4. The summed E-state index contributed by atoms with van der Waals surface area (Å²) >= 11 is 0. The predicted molar refractivity (Wildman–Crippen MR) is 126 cm³/mol. The third-order valence-electron chi connectivity index (χ3n) is 12.0. The lowest BCUT2D eigenvalue weighted by atomic mass is 9.42. The van der Waals surface area contributed by atoms with Crippen molar-refractivity contribution < 1.29 is 34.4 Å². The molecular formula is C28H38O7. The van der Waals surface area contributed by atoms with Crippen molar-refractivity contribution in [3.63, 3.8) is 0 Å². The number of ketones is 1. The number of epoxide rings is 1. The van der Waals surface area contributed by atoms with Crippen LogP contribution in [0.15, 0.2) is 23.3 Å². The maximum atomic E-state index is 13.3. The first-order chi connectivity index (χ1) is 16.2. The minimum absolute atomic E-state index is 0.0654. The summed E-state index contributed by atoms with van der Waals surface area (Å²) in [5.74, 6) is -0.703. The van der Waals surface area contributed by atoms with E-state index in [0.29, 0.717) is 37.7 Å². The zero-order valence-electron chi connectivity index (χ0n) is 21.4. The van der Waals surface area contributed by atoms with E-state index in [9.17, 15) is 24.9 Å². The highest BCUT2D eigenvalue weighted by molar-refractivity contribution is 5.97. The highest BCUT2D eigenvalue weighted by Gasteiger charge is 2.82. The lowest BCUT2D eigenvalue weighted by Crippen LogP contribution is -2.73. The molecular weight excluding hydrogens is 448 g/mol. The number of carbonyl (C=O) groups excluding carboxylic acids is 2. The molecule has 0 aromatic carbocycles. The topological polar surface area (TPSA) is 117 Å². The van der Waals surface area contributed by atoms with Gasteiger partial charge < -0.3 is 24.8 Å². The molecule has 4 aliphatic carbocycles. The van der Waals surface area contributed by atoms with Gasteiger partial charge in [-0.25, -0.2) is 4.79 Å². The number of rotatable bonds is 2. The van der Waals surface area contributed by atoms with Gasteiger partial charge in [0, 0.05) is 17.4 Å². The van der Waals surface area contributed by atoms with Gasteiger partial charge in [0.25, 0.3) is 0 Å². The summed E-state index contributed by atoms with van der Waals surface area (Å²) in [6.07, 6.45) is 5.91. The number of carbonyl (C=O) groups is 2. The molecule has 7 nitrogen and oxygen atoms in total. The van der Waals surface area contributed by atoms with E-state index in [1.165, 1.54) is 0 Å². The zero-order chi connectivity index (χ0) is 25.4. The van der Waals surface area contributed by atoms with Gasteiger partial charge in [0.2, 0.25) is 0 Å². The van der Waals surface area contributed by atoms with Crippen molar-refractivity contribution in [1.29, 1.82) is 0 Å². The Labute approximate surface area is 206 Å². The molecule has 0 radical (unpaired) electrons. The van der Waals surface area contributed by atoms with E-state index in [4.69, 9.17) is 9.47 Å². The van der Waals surface area contributed by atoms with E-state index in [0.717, 1.165) is 12.0 Å². The fraction of sp³-hybridized carbons (Fsp3) is 0.786. The number of aliphatic hydroxyl groups is 3. The number of allylic oxidation sites excluding steroid dienone is 1. The molecule has 0 amide bonds. The summed E-state index contributed by atoms with van der Waals surface area (Å²) in [7, 11) is 0. The van der Waals surface area contributed by atoms with Crippen LogP contribution in [0.25, 0.3) is 0 Å². The molecule has 0 bridgehead atoms. The third-order valence-corrected chi connectivity index (χ3v) is 12.0. The van der Waals surface area contributed by atoms with Gasteiger partial charge in [-0.3, -0.25) is 4.79 Å². The summed E-state index contributed by atoms with van der Waals surface area (Å²) in [6, 6.07) is 0. The summed E-state index contributed by atoms with van der Waals surface area (Å²) in [4.78, 5) is 25.8. The minimum Gasteiger partial charge on any atom is -0.455 e. The fourth-order valence-electron chi connectivity index (χ4n) is 9.34. The Bertz CT molecular complexity index is 1090. The number of fused-ring (bicyclic) bond motifs is 4. The molecule has 3 saturated carbocycles. The second kappa shape index (κ2) is 6.66. The lowest BCUT2D eigenvalue weighted by molar-refractivity contribution is -0.282. The van der Waals surface area contributed by atoms with E-state index in [2.05, 4.69) is 0 Å². The first-order valence-electron chi connectivity index (χ1n) is 13.1. The molecule has 4 fully saturated rings. The van der Waals surface area contributed by atoms with Crippen molar-refractivity contribution in [1.82, 2.24) is 0 Å². The SMILES string of the molecule is CC1=C(C)C(=O)OC([C@](C)(O)[C@]2(O)CC[C@@]3(O)[C@@H]4C[C@H]5O[C@]56CC=CC(=O)[C@]6(C)[C@H]4CC[C@]23C)C1. The number of ether oxygens (including phenoxy) is 2. The number of hydrogen-bond acceptors (Lipinski definition) is 7. The Hall–Kier alpha value is -1.54. The summed E-state index contributed by atoms with van der Waals surface area (Å²) in [5.41, 5.74) is -5.56. The first kappa shape index (κ1) is 23.8. The van der Waals surface area contributed by atoms with Crippen molar-refractivity contribution in [3.8, 4) is 0 Å². The van der Waals surface area contributed by atoms with Gasteiger partial charge in [0.1, 0.15) is 22.9 Å². The van der Waals surface area contributed by atoms with Crippen molar-refractivity contribution in [2.75, 3.05) is 0 Å². The summed E-state index contributed by atoms with van der Waals surface area (Å²) in [5, 5.41) is 36.7. The maximum absolute atomic E-state index is 13.3. The second-order valence-electron chi connectivity index (χ2n) is 12.9. The molecule has 7 heteroatoms. The van der Waals surface area contributed by atoms with Crippen LogP contribution < -0.4 is 0 Å². The molecule has 2 aliphatic heterocycles.